The van der Waals surface area contributed by atoms with Crippen LogP contribution in [0.1, 0.15) is 5.48 Å². The largest absolute Gasteiger partial charge is 0.454 e. The van der Waals surface area contributed by atoms with Gasteiger partial charge in [0, 0.05) is 21.8 Å². The molecule has 0 radical (unpaired) electrons. The van der Waals surface area contributed by atoms with Crippen LogP contribution in [0.5, 0.6) is 0 Å². The third-order valence-electron chi connectivity index (χ3n) is 10.7. The molecule has 0 N–H and O–H groups in total. The van der Waals surface area contributed by atoms with Gasteiger partial charge in [-0.05, 0) is 90.2 Å². The van der Waals surface area contributed by atoms with Crippen LogP contribution in [-0.4, -0.2) is 0 Å². The van der Waals surface area contributed by atoms with E-state index in [1.807, 2.05) is 132 Å². The number of nitrogens with zero attached hydrogens (tertiary/aromatic N) is 1. The van der Waals surface area contributed by atoms with Crippen LogP contribution in [0.25, 0.3) is 87.3 Å². The molecule has 0 saturated carbocycles. The Balaban J connectivity index is 1.28. The lowest BCUT2D eigenvalue weighted by atomic mass is 9.85. The highest BCUT2D eigenvalue weighted by atomic mass is 16.3. The molecular weight excluding hydrogens is 655 g/mol. The predicted octanol–water partition coefficient (Wildman–Crippen LogP) is 15.0. The lowest BCUT2D eigenvalue weighted by Gasteiger charge is -2.28. The number of para-hydroxylation sites is 2. The number of furan rings is 1. The van der Waals surface area contributed by atoms with Crippen LogP contribution in [0, 0.1) is 0 Å². The molecule has 2 heteroatoms. The van der Waals surface area contributed by atoms with Gasteiger partial charge in [0.1, 0.15) is 5.58 Å². The van der Waals surface area contributed by atoms with Crippen LogP contribution in [0.15, 0.2) is 205 Å². The number of hydrogen-bond donors (Lipinski definition) is 0. The molecule has 2 nitrogen and oxygen atoms in total. The van der Waals surface area contributed by atoms with Crippen molar-refractivity contribution in [2.75, 3.05) is 4.90 Å². The molecule has 0 aliphatic carbocycles. The molecule has 10 aromatic carbocycles. The second kappa shape index (κ2) is 12.2. The quantitative estimate of drug-likeness (QED) is 0.167. The maximum Gasteiger partial charge on any atom is 0.159 e. The van der Waals surface area contributed by atoms with Crippen LogP contribution in [0.3, 0.4) is 0 Å². The Morgan fingerprint density at radius 1 is 0.370 bits per heavy atom. The Kier molecular flexibility index (Phi) is 6.02. The zero-order chi connectivity index (χ0) is 39.1. The number of hydrogen-bond acceptors (Lipinski definition) is 2. The zero-order valence-corrected chi connectivity index (χ0v) is 29.1. The molecule has 0 fully saturated rings. The smallest absolute Gasteiger partial charge is 0.159 e. The fourth-order valence-corrected chi connectivity index (χ4v) is 8.35. The molecule has 0 aliphatic heterocycles. The molecule has 0 spiro atoms. The standard InChI is InChI=1S/C52H33NO/c1-2-15-34(16-3-1)50-44-24-10-7-20-40(44)41-21-8-11-25-45(41)51(50)35-29-31-37(32-30-35)53(47-27-14-26-46-43-23-12-13-28-49(43)54-52(46)47)48-33-36-17-4-5-18-38(36)39-19-6-9-22-42(39)48/h1-33H/i29D,30D,31D,32D. The van der Waals surface area contributed by atoms with Crippen molar-refractivity contribution < 1.29 is 9.90 Å². The number of anilines is 3. The maximum atomic E-state index is 10.0. The molecule has 0 amide bonds. The van der Waals surface area contributed by atoms with Gasteiger partial charge in [0.05, 0.1) is 16.9 Å². The summed E-state index contributed by atoms with van der Waals surface area (Å²) in [6, 6.07) is 58.1. The monoisotopic (exact) mass is 691 g/mol. The summed E-state index contributed by atoms with van der Waals surface area (Å²) in [5.41, 5.74) is 5.51. The number of benzene rings is 10. The van der Waals surface area contributed by atoms with Crippen molar-refractivity contribution >= 4 is 82.1 Å². The van der Waals surface area contributed by atoms with Crippen molar-refractivity contribution in [3.63, 3.8) is 0 Å². The lowest BCUT2D eigenvalue weighted by Crippen LogP contribution is -2.11. The first-order valence-corrected chi connectivity index (χ1v) is 18.2. The molecule has 1 heterocycles. The molecule has 0 saturated heterocycles. The van der Waals surface area contributed by atoms with Gasteiger partial charge in [-0.15, -0.1) is 0 Å². The van der Waals surface area contributed by atoms with E-state index in [0.717, 1.165) is 76.3 Å². The van der Waals surface area contributed by atoms with Crippen molar-refractivity contribution in [3.05, 3.63) is 200 Å². The average molecular weight is 692 g/mol. The fourth-order valence-electron chi connectivity index (χ4n) is 8.35. The highest BCUT2D eigenvalue weighted by molar-refractivity contribution is 6.22. The Labute approximate surface area is 318 Å². The molecule has 54 heavy (non-hydrogen) atoms. The van der Waals surface area contributed by atoms with Crippen molar-refractivity contribution in [2.24, 2.45) is 0 Å². The van der Waals surface area contributed by atoms with Crippen LogP contribution in [0.4, 0.5) is 17.1 Å². The van der Waals surface area contributed by atoms with Gasteiger partial charge in [0.2, 0.25) is 0 Å². The summed E-state index contributed by atoms with van der Waals surface area (Å²) in [5, 5.41) is 9.70. The van der Waals surface area contributed by atoms with Gasteiger partial charge >= 0.3 is 0 Å². The second-order valence-corrected chi connectivity index (χ2v) is 13.7. The normalized spacial score (nSPS) is 12.7. The van der Waals surface area contributed by atoms with E-state index in [-0.39, 0.29) is 35.4 Å². The summed E-state index contributed by atoms with van der Waals surface area (Å²) in [6.45, 7) is 0. The van der Waals surface area contributed by atoms with Crippen LogP contribution >= 0.6 is 0 Å². The second-order valence-electron chi connectivity index (χ2n) is 13.7. The SMILES string of the molecule is [2H]c1c([2H])c(N(c2cc3ccccc3c3ccccc23)c2cccc3c2oc2ccccc23)c([2H])c([2H])c1-c1c(-c2ccccc2)c2ccccc2c2ccccc12. The van der Waals surface area contributed by atoms with E-state index in [0.29, 0.717) is 16.8 Å². The van der Waals surface area contributed by atoms with E-state index in [4.69, 9.17) is 4.42 Å². The summed E-state index contributed by atoms with van der Waals surface area (Å²) >= 11 is 0. The van der Waals surface area contributed by atoms with E-state index in [2.05, 4.69) is 48.5 Å². The van der Waals surface area contributed by atoms with E-state index in [9.17, 15) is 5.48 Å². The summed E-state index contributed by atoms with van der Waals surface area (Å²) in [6.07, 6.45) is 0. The molecular formula is C52H33NO. The van der Waals surface area contributed by atoms with Crippen LogP contribution < -0.4 is 4.90 Å². The molecule has 1 aromatic heterocycles. The third-order valence-corrected chi connectivity index (χ3v) is 10.7. The minimum absolute atomic E-state index is 0.125. The van der Waals surface area contributed by atoms with Crippen molar-refractivity contribution in [1.82, 2.24) is 0 Å². The van der Waals surface area contributed by atoms with E-state index in [1.165, 1.54) is 0 Å². The topological polar surface area (TPSA) is 16.4 Å². The van der Waals surface area contributed by atoms with Gasteiger partial charge in [0.25, 0.3) is 0 Å². The first-order chi connectivity index (χ1) is 28.5. The number of fused-ring (bicyclic) bond motifs is 9. The minimum atomic E-state index is -0.155. The highest BCUT2D eigenvalue weighted by Gasteiger charge is 2.23. The molecule has 0 atom stereocenters. The molecule has 0 unspecified atom stereocenters. The van der Waals surface area contributed by atoms with Gasteiger partial charge in [-0.3, -0.25) is 0 Å². The zero-order valence-electron chi connectivity index (χ0n) is 33.1. The Hall–Kier alpha value is -7.16. The Bertz CT molecular complexity index is 3440. The average Bonchev–Trinajstić information content (AvgIpc) is 3.67. The van der Waals surface area contributed by atoms with Gasteiger partial charge < -0.3 is 9.32 Å². The van der Waals surface area contributed by atoms with E-state index >= 15 is 0 Å². The summed E-state index contributed by atoms with van der Waals surface area (Å²) in [4.78, 5) is 1.89. The Morgan fingerprint density at radius 3 is 1.59 bits per heavy atom. The first-order valence-electron chi connectivity index (χ1n) is 20.2. The molecule has 0 bridgehead atoms. The van der Waals surface area contributed by atoms with Gasteiger partial charge in [-0.25, -0.2) is 0 Å². The number of rotatable bonds is 5. The highest BCUT2D eigenvalue weighted by Crippen LogP contribution is 2.48. The summed E-state index contributed by atoms with van der Waals surface area (Å²) < 4.78 is 46.6. The van der Waals surface area contributed by atoms with Gasteiger partial charge in [-0.2, -0.15) is 0 Å². The molecule has 11 aromatic rings. The minimum Gasteiger partial charge on any atom is -0.454 e. The predicted molar refractivity (Wildman–Crippen MR) is 229 cm³/mol. The summed E-state index contributed by atoms with van der Waals surface area (Å²) in [7, 11) is 0. The van der Waals surface area contributed by atoms with Gasteiger partial charge in [0.15, 0.2) is 5.58 Å². The van der Waals surface area contributed by atoms with Crippen molar-refractivity contribution in [2.45, 2.75) is 0 Å². The lowest BCUT2D eigenvalue weighted by molar-refractivity contribution is 0.669. The van der Waals surface area contributed by atoms with Crippen molar-refractivity contribution in [1.29, 1.82) is 0 Å². The fraction of sp³-hybridized carbons (Fsp3) is 0. The van der Waals surface area contributed by atoms with Gasteiger partial charge in [-0.1, -0.05) is 170 Å². The third kappa shape index (κ3) is 4.67. The van der Waals surface area contributed by atoms with Crippen molar-refractivity contribution in [3.8, 4) is 22.3 Å². The summed E-state index contributed by atoms with van der Waals surface area (Å²) in [5.74, 6) is 0. The first kappa shape index (κ1) is 26.6. The molecule has 11 rings (SSSR count). The van der Waals surface area contributed by atoms with E-state index < -0.39 is 0 Å². The maximum absolute atomic E-state index is 10.0. The van der Waals surface area contributed by atoms with Crippen LogP contribution in [0.2, 0.25) is 0 Å². The van der Waals surface area contributed by atoms with Crippen LogP contribution in [-0.2, 0) is 0 Å². The molecule has 0 aliphatic rings. The molecule has 252 valence electrons. The van der Waals surface area contributed by atoms with E-state index in [1.54, 1.807) is 0 Å². The Morgan fingerprint density at radius 2 is 0.889 bits per heavy atom.